The zero-order valence-electron chi connectivity index (χ0n) is 13.5. The number of hydrogen-bond acceptors (Lipinski definition) is 2. The van der Waals surface area contributed by atoms with Crippen LogP contribution in [0.25, 0.3) is 22.4 Å². The van der Waals surface area contributed by atoms with Gasteiger partial charge in [0.1, 0.15) is 5.82 Å². The lowest BCUT2D eigenvalue weighted by molar-refractivity contribution is 0.102. The number of halogens is 2. The summed E-state index contributed by atoms with van der Waals surface area (Å²) in [7, 11) is 0. The van der Waals surface area contributed by atoms with Gasteiger partial charge in [-0.25, -0.2) is 4.98 Å². The molecule has 6 heteroatoms. The summed E-state index contributed by atoms with van der Waals surface area (Å²) in [5.41, 5.74) is 3.72. The van der Waals surface area contributed by atoms with Crippen LogP contribution >= 0.6 is 23.2 Å². The van der Waals surface area contributed by atoms with E-state index in [-0.39, 0.29) is 11.5 Å². The first kappa shape index (κ1) is 16.6. The van der Waals surface area contributed by atoms with Crippen LogP contribution in [0.5, 0.6) is 0 Å². The monoisotopic (exact) mass is 381 g/mol. The molecule has 3 aromatic carbocycles. The summed E-state index contributed by atoms with van der Waals surface area (Å²) in [6.45, 7) is 0. The number of anilines is 1. The summed E-state index contributed by atoms with van der Waals surface area (Å²) >= 11 is 12.2. The van der Waals surface area contributed by atoms with Crippen LogP contribution in [0.15, 0.2) is 66.7 Å². The Bertz CT molecular complexity index is 1050. The Labute approximate surface area is 159 Å². The number of amides is 1. The van der Waals surface area contributed by atoms with Gasteiger partial charge in [-0.3, -0.25) is 4.79 Å². The first-order chi connectivity index (χ1) is 12.6. The van der Waals surface area contributed by atoms with Gasteiger partial charge in [-0.2, -0.15) is 0 Å². The summed E-state index contributed by atoms with van der Waals surface area (Å²) in [5.74, 6) is 0.426. The van der Waals surface area contributed by atoms with E-state index >= 15 is 0 Å². The molecule has 0 spiro atoms. The Morgan fingerprint density at radius 2 is 1.58 bits per heavy atom. The molecule has 0 fully saturated rings. The average Bonchev–Trinajstić information content (AvgIpc) is 3.06. The van der Waals surface area contributed by atoms with Gasteiger partial charge < -0.3 is 10.3 Å². The van der Waals surface area contributed by atoms with Crippen molar-refractivity contribution in [2.75, 3.05) is 5.32 Å². The topological polar surface area (TPSA) is 57.8 Å². The molecule has 4 aromatic rings. The van der Waals surface area contributed by atoms with E-state index in [4.69, 9.17) is 23.2 Å². The third-order valence-electron chi connectivity index (χ3n) is 4.00. The van der Waals surface area contributed by atoms with Gasteiger partial charge in [-0.15, -0.1) is 0 Å². The van der Waals surface area contributed by atoms with Crippen LogP contribution in [0.2, 0.25) is 10.0 Å². The Kier molecular flexibility index (Phi) is 4.37. The highest BCUT2D eigenvalue weighted by atomic mass is 35.5. The highest BCUT2D eigenvalue weighted by molar-refractivity contribution is 6.40. The van der Waals surface area contributed by atoms with E-state index in [0.29, 0.717) is 15.7 Å². The van der Waals surface area contributed by atoms with Crippen molar-refractivity contribution in [2.24, 2.45) is 0 Å². The van der Waals surface area contributed by atoms with E-state index in [9.17, 15) is 4.79 Å². The second-order valence-electron chi connectivity index (χ2n) is 5.73. The molecule has 4 rings (SSSR count). The molecule has 0 saturated carbocycles. The lowest BCUT2D eigenvalue weighted by Crippen LogP contribution is -2.13. The molecule has 1 amide bonds. The molecule has 0 radical (unpaired) electrons. The number of benzene rings is 3. The number of H-pyrrole nitrogens is 1. The van der Waals surface area contributed by atoms with Gasteiger partial charge in [-0.1, -0.05) is 41.4 Å². The fraction of sp³-hybridized carbons (Fsp3) is 0. The van der Waals surface area contributed by atoms with Crippen molar-refractivity contribution < 1.29 is 4.79 Å². The van der Waals surface area contributed by atoms with E-state index in [1.807, 2.05) is 48.5 Å². The molecular formula is C20H13Cl2N3O. The Balaban J connectivity index is 1.57. The van der Waals surface area contributed by atoms with Crippen molar-refractivity contribution in [1.29, 1.82) is 0 Å². The zero-order chi connectivity index (χ0) is 18.1. The standard InChI is InChI=1S/C20H13Cl2N3O/c21-14-4-3-5-15(22)18(14)20(26)23-13-10-8-12(9-11-13)19-24-16-6-1-2-7-17(16)25-19/h1-11H,(H,23,26)(H,24,25). The van der Waals surface area contributed by atoms with E-state index in [1.165, 1.54) is 0 Å². The van der Waals surface area contributed by atoms with Crippen molar-refractivity contribution in [2.45, 2.75) is 0 Å². The number of fused-ring (bicyclic) bond motifs is 1. The average molecular weight is 382 g/mol. The second-order valence-corrected chi connectivity index (χ2v) is 6.55. The zero-order valence-corrected chi connectivity index (χ0v) is 15.0. The third kappa shape index (κ3) is 3.17. The Morgan fingerprint density at radius 1 is 0.885 bits per heavy atom. The van der Waals surface area contributed by atoms with Crippen LogP contribution < -0.4 is 5.32 Å². The molecular weight excluding hydrogens is 369 g/mol. The number of hydrogen-bond donors (Lipinski definition) is 2. The minimum Gasteiger partial charge on any atom is -0.338 e. The van der Waals surface area contributed by atoms with Crippen LogP contribution in [-0.2, 0) is 0 Å². The van der Waals surface area contributed by atoms with Gasteiger partial charge in [0.2, 0.25) is 0 Å². The van der Waals surface area contributed by atoms with Gasteiger partial charge in [0.25, 0.3) is 5.91 Å². The molecule has 0 aliphatic carbocycles. The quantitative estimate of drug-likeness (QED) is 0.471. The Hall–Kier alpha value is -2.82. The summed E-state index contributed by atoms with van der Waals surface area (Å²) in [6.07, 6.45) is 0. The van der Waals surface area contributed by atoms with Gasteiger partial charge >= 0.3 is 0 Å². The fourth-order valence-electron chi connectivity index (χ4n) is 2.71. The molecule has 128 valence electrons. The molecule has 0 aliphatic rings. The molecule has 0 bridgehead atoms. The van der Waals surface area contributed by atoms with E-state index in [2.05, 4.69) is 15.3 Å². The lowest BCUT2D eigenvalue weighted by Gasteiger charge is -2.08. The van der Waals surface area contributed by atoms with Gasteiger partial charge in [-0.05, 0) is 48.5 Å². The molecule has 1 aromatic heterocycles. The van der Waals surface area contributed by atoms with Crippen molar-refractivity contribution in [1.82, 2.24) is 9.97 Å². The second kappa shape index (κ2) is 6.83. The van der Waals surface area contributed by atoms with Crippen LogP contribution in [-0.4, -0.2) is 15.9 Å². The van der Waals surface area contributed by atoms with Crippen molar-refractivity contribution in [3.8, 4) is 11.4 Å². The molecule has 0 atom stereocenters. The molecule has 0 aliphatic heterocycles. The largest absolute Gasteiger partial charge is 0.338 e. The van der Waals surface area contributed by atoms with Crippen LogP contribution in [0.3, 0.4) is 0 Å². The van der Waals surface area contributed by atoms with E-state index < -0.39 is 0 Å². The van der Waals surface area contributed by atoms with E-state index in [1.54, 1.807) is 18.2 Å². The number of imidazole rings is 1. The number of nitrogens with zero attached hydrogens (tertiary/aromatic N) is 1. The molecule has 2 N–H and O–H groups in total. The maximum absolute atomic E-state index is 12.4. The predicted octanol–water partition coefficient (Wildman–Crippen LogP) is 5.79. The molecule has 4 nitrogen and oxygen atoms in total. The molecule has 0 saturated heterocycles. The Morgan fingerprint density at radius 3 is 2.27 bits per heavy atom. The SMILES string of the molecule is O=C(Nc1ccc(-c2nc3ccccc3[nH]2)cc1)c1c(Cl)cccc1Cl. The number of carbonyl (C=O) groups excluding carboxylic acids is 1. The number of aromatic amines is 1. The van der Waals surface area contributed by atoms with Crippen LogP contribution in [0, 0.1) is 0 Å². The minimum atomic E-state index is -0.350. The summed E-state index contributed by atoms with van der Waals surface area (Å²) < 4.78 is 0. The van der Waals surface area contributed by atoms with Crippen molar-refractivity contribution >= 4 is 45.8 Å². The van der Waals surface area contributed by atoms with Crippen molar-refractivity contribution in [3.63, 3.8) is 0 Å². The minimum absolute atomic E-state index is 0.261. The fourth-order valence-corrected chi connectivity index (χ4v) is 3.28. The molecule has 26 heavy (non-hydrogen) atoms. The number of aromatic nitrogens is 2. The van der Waals surface area contributed by atoms with Crippen molar-refractivity contribution in [3.05, 3.63) is 82.3 Å². The highest BCUT2D eigenvalue weighted by Crippen LogP contribution is 2.26. The predicted molar refractivity (Wildman–Crippen MR) is 106 cm³/mol. The van der Waals surface area contributed by atoms with Gasteiger partial charge in [0, 0.05) is 11.3 Å². The number of para-hydroxylation sites is 2. The number of carbonyl (C=O) groups is 1. The van der Waals surface area contributed by atoms with Gasteiger partial charge in [0.15, 0.2) is 0 Å². The summed E-state index contributed by atoms with van der Waals surface area (Å²) in [5, 5.41) is 3.43. The highest BCUT2D eigenvalue weighted by Gasteiger charge is 2.14. The lowest BCUT2D eigenvalue weighted by atomic mass is 10.1. The maximum atomic E-state index is 12.4. The van der Waals surface area contributed by atoms with Gasteiger partial charge in [0.05, 0.1) is 26.6 Å². The normalized spacial score (nSPS) is 10.8. The van der Waals surface area contributed by atoms with Crippen LogP contribution in [0.1, 0.15) is 10.4 Å². The first-order valence-corrected chi connectivity index (χ1v) is 8.68. The smallest absolute Gasteiger partial charge is 0.258 e. The molecule has 0 unspecified atom stereocenters. The summed E-state index contributed by atoms with van der Waals surface area (Å²) in [6, 6.07) is 20.2. The third-order valence-corrected chi connectivity index (χ3v) is 4.63. The maximum Gasteiger partial charge on any atom is 0.258 e. The van der Waals surface area contributed by atoms with Crippen LogP contribution in [0.4, 0.5) is 5.69 Å². The summed E-state index contributed by atoms with van der Waals surface area (Å²) in [4.78, 5) is 20.3. The first-order valence-electron chi connectivity index (χ1n) is 7.92. The number of nitrogens with one attached hydrogen (secondary N) is 2. The number of rotatable bonds is 3. The molecule has 1 heterocycles. The van der Waals surface area contributed by atoms with E-state index in [0.717, 1.165) is 22.4 Å².